The summed E-state index contributed by atoms with van der Waals surface area (Å²) in [5.41, 5.74) is 0. The number of amides is 2. The first-order valence-corrected chi connectivity index (χ1v) is 6.51. The number of hydrogen-bond donors (Lipinski definition) is 3. The number of likely N-dealkylation sites (tertiary alicyclic amines) is 1. The van der Waals surface area contributed by atoms with E-state index in [-0.39, 0.29) is 18.7 Å². The Kier molecular flexibility index (Phi) is 5.91. The molecule has 0 radical (unpaired) electrons. The number of aliphatic hydroxyl groups is 1. The van der Waals surface area contributed by atoms with Crippen LogP contribution in [-0.2, 0) is 4.79 Å². The number of carbonyl (C=O) groups is 2. The summed E-state index contributed by atoms with van der Waals surface area (Å²) in [7, 11) is 0. The summed E-state index contributed by atoms with van der Waals surface area (Å²) in [6.07, 6.45) is 3.68. The maximum Gasteiger partial charge on any atom is 0.326 e. The maximum absolute atomic E-state index is 12.0. The van der Waals surface area contributed by atoms with E-state index < -0.39 is 12.0 Å². The van der Waals surface area contributed by atoms with Crippen LogP contribution in [0, 0.1) is 0 Å². The first-order chi connectivity index (χ1) is 8.60. The standard InChI is InChI=1S/C12H22N2O4/c1-2-10(11(16)17)13-12(18)14-7-3-5-9(14)6-4-8-15/h9-10,15H,2-8H2,1H3,(H,13,18)(H,16,17). The maximum atomic E-state index is 12.0. The molecule has 1 rings (SSSR count). The molecule has 0 bridgehead atoms. The Labute approximate surface area is 107 Å². The first kappa shape index (κ1) is 14.8. The molecular weight excluding hydrogens is 236 g/mol. The third-order valence-electron chi connectivity index (χ3n) is 3.34. The number of nitrogens with zero attached hydrogens (tertiary/aromatic N) is 1. The van der Waals surface area contributed by atoms with E-state index in [0.29, 0.717) is 19.4 Å². The third kappa shape index (κ3) is 3.87. The molecule has 0 aromatic rings. The molecule has 2 amide bonds. The lowest BCUT2D eigenvalue weighted by molar-refractivity contribution is -0.139. The normalized spacial score (nSPS) is 20.8. The number of carboxylic acids is 1. The van der Waals surface area contributed by atoms with E-state index in [1.807, 2.05) is 0 Å². The topological polar surface area (TPSA) is 89.9 Å². The van der Waals surface area contributed by atoms with Gasteiger partial charge in [0.2, 0.25) is 0 Å². The number of aliphatic hydroxyl groups excluding tert-OH is 1. The molecule has 6 nitrogen and oxygen atoms in total. The quantitative estimate of drug-likeness (QED) is 0.657. The molecule has 0 spiro atoms. The highest BCUT2D eigenvalue weighted by Gasteiger charge is 2.30. The van der Waals surface area contributed by atoms with Gasteiger partial charge in [-0.3, -0.25) is 0 Å². The summed E-state index contributed by atoms with van der Waals surface area (Å²) in [6.45, 7) is 2.52. The van der Waals surface area contributed by atoms with Crippen LogP contribution >= 0.6 is 0 Å². The van der Waals surface area contributed by atoms with Crippen LogP contribution in [0.15, 0.2) is 0 Å². The molecule has 1 saturated heterocycles. The summed E-state index contributed by atoms with van der Waals surface area (Å²) in [4.78, 5) is 24.5. The highest BCUT2D eigenvalue weighted by Crippen LogP contribution is 2.21. The first-order valence-electron chi connectivity index (χ1n) is 6.51. The van der Waals surface area contributed by atoms with Gasteiger partial charge in [-0.2, -0.15) is 0 Å². The lowest BCUT2D eigenvalue weighted by Crippen LogP contribution is -2.49. The Bertz CT molecular complexity index is 296. The monoisotopic (exact) mass is 258 g/mol. The van der Waals surface area contributed by atoms with Crippen LogP contribution in [0.2, 0.25) is 0 Å². The van der Waals surface area contributed by atoms with Gasteiger partial charge in [0, 0.05) is 19.2 Å². The van der Waals surface area contributed by atoms with E-state index in [4.69, 9.17) is 10.2 Å². The summed E-state index contributed by atoms with van der Waals surface area (Å²) >= 11 is 0. The fourth-order valence-electron chi connectivity index (χ4n) is 2.30. The van der Waals surface area contributed by atoms with Crippen molar-refractivity contribution in [2.24, 2.45) is 0 Å². The number of carboxylic acid groups (broad SMARTS) is 1. The fraction of sp³-hybridized carbons (Fsp3) is 0.833. The van der Waals surface area contributed by atoms with Gasteiger partial charge in [0.1, 0.15) is 6.04 Å². The van der Waals surface area contributed by atoms with E-state index in [9.17, 15) is 9.59 Å². The number of hydrogen-bond acceptors (Lipinski definition) is 3. The Hall–Kier alpha value is -1.30. The molecule has 104 valence electrons. The molecule has 0 aromatic carbocycles. The number of rotatable bonds is 6. The van der Waals surface area contributed by atoms with E-state index in [0.717, 1.165) is 19.3 Å². The lowest BCUT2D eigenvalue weighted by Gasteiger charge is -2.26. The average Bonchev–Trinajstić information content (AvgIpc) is 2.80. The SMILES string of the molecule is CCC(NC(=O)N1CCCC1CCCO)C(=O)O. The largest absolute Gasteiger partial charge is 0.480 e. The molecule has 1 fully saturated rings. The summed E-state index contributed by atoms with van der Waals surface area (Å²) in [5.74, 6) is -1.00. The van der Waals surface area contributed by atoms with Crippen molar-refractivity contribution >= 4 is 12.0 Å². The molecular formula is C12H22N2O4. The average molecular weight is 258 g/mol. The Morgan fingerprint density at radius 1 is 1.50 bits per heavy atom. The fourth-order valence-corrected chi connectivity index (χ4v) is 2.30. The Morgan fingerprint density at radius 2 is 2.22 bits per heavy atom. The Balaban J connectivity index is 2.51. The van der Waals surface area contributed by atoms with Crippen LogP contribution in [0.4, 0.5) is 4.79 Å². The number of nitrogens with one attached hydrogen (secondary N) is 1. The van der Waals surface area contributed by atoms with Crippen LogP contribution in [0.1, 0.15) is 39.0 Å². The highest BCUT2D eigenvalue weighted by molar-refractivity contribution is 5.82. The van der Waals surface area contributed by atoms with Crippen molar-refractivity contribution in [3.63, 3.8) is 0 Å². The Morgan fingerprint density at radius 3 is 2.78 bits per heavy atom. The molecule has 2 atom stereocenters. The van der Waals surface area contributed by atoms with Gasteiger partial charge in [-0.25, -0.2) is 9.59 Å². The van der Waals surface area contributed by atoms with E-state index in [2.05, 4.69) is 5.32 Å². The molecule has 0 aliphatic carbocycles. The van der Waals surface area contributed by atoms with Gasteiger partial charge in [0.25, 0.3) is 0 Å². The molecule has 1 aliphatic heterocycles. The minimum atomic E-state index is -1.00. The van der Waals surface area contributed by atoms with Gasteiger partial charge in [-0.1, -0.05) is 6.92 Å². The molecule has 3 N–H and O–H groups in total. The van der Waals surface area contributed by atoms with E-state index in [1.54, 1.807) is 11.8 Å². The van der Waals surface area contributed by atoms with Crippen molar-refractivity contribution in [2.75, 3.05) is 13.2 Å². The lowest BCUT2D eigenvalue weighted by atomic mass is 10.1. The van der Waals surface area contributed by atoms with Gasteiger partial charge < -0.3 is 20.4 Å². The van der Waals surface area contributed by atoms with Crippen LogP contribution in [0.3, 0.4) is 0 Å². The van der Waals surface area contributed by atoms with Gasteiger partial charge >= 0.3 is 12.0 Å². The number of carbonyl (C=O) groups excluding carboxylic acids is 1. The van der Waals surface area contributed by atoms with Crippen LogP contribution in [-0.4, -0.2) is 52.3 Å². The van der Waals surface area contributed by atoms with Crippen molar-refractivity contribution < 1.29 is 19.8 Å². The molecule has 0 saturated carbocycles. The zero-order chi connectivity index (χ0) is 13.5. The summed E-state index contributed by atoms with van der Waals surface area (Å²) in [6, 6.07) is -0.996. The summed E-state index contributed by atoms with van der Waals surface area (Å²) < 4.78 is 0. The number of aliphatic carboxylic acids is 1. The van der Waals surface area contributed by atoms with Gasteiger partial charge in [0.05, 0.1) is 0 Å². The van der Waals surface area contributed by atoms with Gasteiger partial charge in [-0.05, 0) is 32.1 Å². The second-order valence-corrected chi connectivity index (χ2v) is 4.60. The van der Waals surface area contributed by atoms with Crippen LogP contribution in [0.25, 0.3) is 0 Å². The third-order valence-corrected chi connectivity index (χ3v) is 3.34. The van der Waals surface area contributed by atoms with E-state index >= 15 is 0 Å². The second kappa shape index (κ2) is 7.20. The molecule has 1 heterocycles. The molecule has 6 heteroatoms. The van der Waals surface area contributed by atoms with Gasteiger partial charge in [-0.15, -0.1) is 0 Å². The van der Waals surface area contributed by atoms with Crippen LogP contribution in [0.5, 0.6) is 0 Å². The molecule has 1 aliphatic rings. The van der Waals surface area contributed by atoms with Crippen molar-refractivity contribution in [2.45, 2.75) is 51.1 Å². The molecule has 18 heavy (non-hydrogen) atoms. The van der Waals surface area contributed by atoms with Crippen molar-refractivity contribution in [1.29, 1.82) is 0 Å². The molecule has 0 aromatic heterocycles. The highest BCUT2D eigenvalue weighted by atomic mass is 16.4. The molecule has 2 unspecified atom stereocenters. The zero-order valence-electron chi connectivity index (χ0n) is 10.8. The van der Waals surface area contributed by atoms with Gasteiger partial charge in [0.15, 0.2) is 0 Å². The van der Waals surface area contributed by atoms with E-state index in [1.165, 1.54) is 0 Å². The summed E-state index contributed by atoms with van der Waals surface area (Å²) in [5, 5.41) is 20.3. The minimum Gasteiger partial charge on any atom is -0.480 e. The van der Waals surface area contributed by atoms with Crippen molar-refractivity contribution in [1.82, 2.24) is 10.2 Å². The predicted octanol–water partition coefficient (Wildman–Crippen LogP) is 0.796. The predicted molar refractivity (Wildman–Crippen MR) is 66.3 cm³/mol. The smallest absolute Gasteiger partial charge is 0.326 e. The van der Waals surface area contributed by atoms with Crippen LogP contribution < -0.4 is 5.32 Å². The zero-order valence-corrected chi connectivity index (χ0v) is 10.8. The second-order valence-electron chi connectivity index (χ2n) is 4.60. The minimum absolute atomic E-state index is 0.124. The van der Waals surface area contributed by atoms with Crippen molar-refractivity contribution in [3.8, 4) is 0 Å². The van der Waals surface area contributed by atoms with Crippen molar-refractivity contribution in [3.05, 3.63) is 0 Å². The number of urea groups is 1.